The minimum Gasteiger partial charge on any atom is -0.394 e. The summed E-state index contributed by atoms with van der Waals surface area (Å²) in [7, 11) is 0. The van der Waals surface area contributed by atoms with Crippen molar-refractivity contribution in [2.75, 3.05) is 6.61 Å². The van der Waals surface area contributed by atoms with Crippen LogP contribution < -0.4 is 5.32 Å². The third-order valence-electron chi connectivity index (χ3n) is 8.03. The van der Waals surface area contributed by atoms with E-state index in [1.807, 2.05) is 25.5 Å². The monoisotopic (exact) mass is 622 g/mol. The van der Waals surface area contributed by atoms with Crippen molar-refractivity contribution in [2.24, 2.45) is 5.41 Å². The first-order chi connectivity index (χ1) is 20.9. The standard InChI is InChI=1S/C31H33ClF2N8O2/c1-30(2,3)16-31(21-7-4-18(5-8-21)20-13-37-40(14-20)28(33)34)27(44)41(29(35)39-31)25(15-43)19-6-11-24(32)23(12-19)26-36-17-38-42(26)22-9-10-22/h4-8,11-14,17,22,25,28,43H,9-10,15-16H2,1-3H3,(H2,35,39)/t25-,31-/m1/s1. The fourth-order valence-corrected chi connectivity index (χ4v) is 6.16. The molecule has 2 atom stereocenters. The predicted molar refractivity (Wildman–Crippen MR) is 161 cm³/mol. The zero-order valence-electron chi connectivity index (χ0n) is 24.5. The van der Waals surface area contributed by atoms with Crippen LogP contribution in [-0.4, -0.2) is 53.0 Å². The zero-order valence-corrected chi connectivity index (χ0v) is 25.3. The Bertz CT molecular complexity index is 1710. The topological polar surface area (TPSA) is 125 Å². The van der Waals surface area contributed by atoms with E-state index in [4.69, 9.17) is 17.0 Å². The molecule has 0 spiro atoms. The van der Waals surface area contributed by atoms with Crippen molar-refractivity contribution < 1.29 is 18.7 Å². The average molecular weight is 623 g/mol. The number of carbonyl (C=O) groups excluding carboxylic acids is 1. The quantitative estimate of drug-likeness (QED) is 0.213. The lowest BCUT2D eigenvalue weighted by atomic mass is 9.75. The highest BCUT2D eigenvalue weighted by atomic mass is 35.5. The van der Waals surface area contributed by atoms with Crippen molar-refractivity contribution >= 4 is 23.5 Å². The SMILES string of the molecule is CC(C)(C)C[C@]1(c2ccc(-c3cnn(C(F)F)c3)cc2)NC(=N)N([C@H](CO)c2ccc(Cl)c(-c3ncnn3C3CC3)c2)C1=O. The highest BCUT2D eigenvalue weighted by molar-refractivity contribution is 6.33. The van der Waals surface area contributed by atoms with Crippen molar-refractivity contribution in [1.29, 1.82) is 5.41 Å². The third kappa shape index (κ3) is 5.36. The van der Waals surface area contributed by atoms with E-state index in [2.05, 4.69) is 20.5 Å². The number of nitrogens with one attached hydrogen (secondary N) is 2. The van der Waals surface area contributed by atoms with Gasteiger partial charge in [0.1, 0.15) is 11.9 Å². The van der Waals surface area contributed by atoms with Crippen molar-refractivity contribution in [3.05, 3.63) is 77.3 Å². The lowest BCUT2D eigenvalue weighted by molar-refractivity contribution is -0.134. The molecule has 0 bridgehead atoms. The molecule has 13 heteroatoms. The Morgan fingerprint density at radius 3 is 2.48 bits per heavy atom. The summed E-state index contributed by atoms with van der Waals surface area (Å²) in [5.74, 6) is 0.0869. The van der Waals surface area contributed by atoms with Gasteiger partial charge in [-0.2, -0.15) is 19.0 Å². The third-order valence-corrected chi connectivity index (χ3v) is 8.36. The van der Waals surface area contributed by atoms with Gasteiger partial charge in [-0.1, -0.05) is 62.7 Å². The van der Waals surface area contributed by atoms with E-state index in [9.17, 15) is 18.7 Å². The van der Waals surface area contributed by atoms with Crippen LogP contribution in [0.4, 0.5) is 8.78 Å². The minimum atomic E-state index is -2.75. The molecule has 2 aliphatic rings. The largest absolute Gasteiger partial charge is 0.394 e. The Hall–Kier alpha value is -4.16. The van der Waals surface area contributed by atoms with Crippen LogP contribution in [0.1, 0.15) is 69.8 Å². The average Bonchev–Trinajstić information content (AvgIpc) is 3.39. The molecule has 1 aliphatic carbocycles. The number of hydrogen-bond donors (Lipinski definition) is 3. The number of rotatable bonds is 9. The Morgan fingerprint density at radius 2 is 1.86 bits per heavy atom. The Balaban J connectivity index is 1.36. The van der Waals surface area contributed by atoms with Gasteiger partial charge in [0.15, 0.2) is 11.8 Å². The molecule has 1 saturated heterocycles. The fourth-order valence-electron chi connectivity index (χ4n) is 5.96. The van der Waals surface area contributed by atoms with E-state index in [1.165, 1.54) is 23.6 Å². The molecule has 2 aromatic carbocycles. The molecule has 1 aliphatic heterocycles. The number of guanidine groups is 1. The summed E-state index contributed by atoms with van der Waals surface area (Å²) >= 11 is 6.60. The summed E-state index contributed by atoms with van der Waals surface area (Å²) in [4.78, 5) is 20.2. The van der Waals surface area contributed by atoms with E-state index in [0.717, 1.165) is 12.8 Å². The fraction of sp³-hybridized carbons (Fsp3) is 0.387. The van der Waals surface area contributed by atoms with Crippen LogP contribution in [0.5, 0.6) is 0 Å². The summed E-state index contributed by atoms with van der Waals surface area (Å²) in [6.45, 7) is 2.84. The van der Waals surface area contributed by atoms with Crippen molar-refractivity contribution in [3.63, 3.8) is 0 Å². The number of aliphatic hydroxyl groups is 1. The molecule has 0 unspecified atom stereocenters. The smallest absolute Gasteiger partial charge is 0.333 e. The molecule has 3 heterocycles. The first-order valence-corrected chi connectivity index (χ1v) is 14.7. The van der Waals surface area contributed by atoms with Crippen molar-refractivity contribution in [3.8, 4) is 22.5 Å². The maximum absolute atomic E-state index is 14.5. The number of benzene rings is 2. The van der Waals surface area contributed by atoms with E-state index in [1.54, 1.807) is 42.5 Å². The predicted octanol–water partition coefficient (Wildman–Crippen LogP) is 5.92. The molecule has 2 fully saturated rings. The van der Waals surface area contributed by atoms with E-state index in [0.29, 0.717) is 49.8 Å². The minimum absolute atomic E-state index is 0.141. The molecule has 3 N–H and O–H groups in total. The van der Waals surface area contributed by atoms with Gasteiger partial charge in [-0.15, -0.1) is 0 Å². The van der Waals surface area contributed by atoms with Gasteiger partial charge in [-0.05, 0) is 53.5 Å². The number of aromatic nitrogens is 5. The van der Waals surface area contributed by atoms with Crippen LogP contribution in [-0.2, 0) is 10.3 Å². The lowest BCUT2D eigenvalue weighted by Crippen LogP contribution is -2.47. The maximum atomic E-state index is 14.5. The highest BCUT2D eigenvalue weighted by Gasteiger charge is 2.54. The second kappa shape index (κ2) is 11.1. The number of alkyl halides is 2. The van der Waals surface area contributed by atoms with Crippen LogP contribution >= 0.6 is 11.6 Å². The number of halogens is 3. The van der Waals surface area contributed by atoms with Gasteiger partial charge < -0.3 is 10.4 Å². The Labute approximate surface area is 258 Å². The van der Waals surface area contributed by atoms with Crippen molar-refractivity contribution in [1.82, 2.24) is 34.8 Å². The Kier molecular flexibility index (Phi) is 7.53. The molecular weight excluding hydrogens is 590 g/mol. The van der Waals surface area contributed by atoms with Gasteiger partial charge in [-0.25, -0.2) is 14.3 Å². The molecule has 44 heavy (non-hydrogen) atoms. The first kappa shape index (κ1) is 29.9. The number of aliphatic hydroxyl groups excluding tert-OH is 1. The number of hydrogen-bond acceptors (Lipinski definition) is 6. The lowest BCUT2D eigenvalue weighted by Gasteiger charge is -2.35. The van der Waals surface area contributed by atoms with Crippen LogP contribution in [0, 0.1) is 10.8 Å². The van der Waals surface area contributed by atoms with Crippen LogP contribution in [0.2, 0.25) is 5.02 Å². The summed E-state index contributed by atoms with van der Waals surface area (Å²) in [6, 6.07) is 11.7. The number of amides is 1. The van der Waals surface area contributed by atoms with E-state index >= 15 is 0 Å². The van der Waals surface area contributed by atoms with Gasteiger partial charge >= 0.3 is 6.55 Å². The summed E-state index contributed by atoms with van der Waals surface area (Å²) in [5, 5.41) is 31.3. The van der Waals surface area contributed by atoms with Gasteiger partial charge in [-0.3, -0.25) is 15.1 Å². The molecule has 1 amide bonds. The molecule has 4 aromatic rings. The molecule has 1 saturated carbocycles. The Morgan fingerprint density at radius 1 is 1.14 bits per heavy atom. The van der Waals surface area contributed by atoms with Crippen LogP contribution in [0.15, 0.2) is 61.2 Å². The molecule has 0 radical (unpaired) electrons. The normalized spacial score (nSPS) is 19.6. The van der Waals surface area contributed by atoms with Gasteiger partial charge in [0.2, 0.25) is 0 Å². The number of carbonyl (C=O) groups is 1. The molecule has 2 aromatic heterocycles. The molecule has 230 valence electrons. The zero-order chi connectivity index (χ0) is 31.4. The second-order valence-electron chi connectivity index (χ2n) is 12.6. The number of nitrogens with zero attached hydrogens (tertiary/aromatic N) is 6. The highest BCUT2D eigenvalue weighted by Crippen LogP contribution is 2.43. The van der Waals surface area contributed by atoms with Gasteiger partial charge in [0.05, 0.1) is 29.9 Å². The molecular formula is C31H33ClF2N8O2. The summed E-state index contributed by atoms with van der Waals surface area (Å²) in [5.41, 5.74) is 1.35. The second-order valence-corrected chi connectivity index (χ2v) is 13.0. The molecule has 6 rings (SSSR count). The molecule has 10 nitrogen and oxygen atoms in total. The van der Waals surface area contributed by atoms with Gasteiger partial charge in [0, 0.05) is 17.3 Å². The first-order valence-electron chi connectivity index (χ1n) is 14.4. The van der Waals surface area contributed by atoms with Crippen LogP contribution in [0.3, 0.4) is 0 Å². The van der Waals surface area contributed by atoms with E-state index < -0.39 is 24.7 Å². The maximum Gasteiger partial charge on any atom is 0.333 e. The van der Waals surface area contributed by atoms with E-state index in [-0.39, 0.29) is 23.3 Å². The van der Waals surface area contributed by atoms with Crippen LogP contribution in [0.25, 0.3) is 22.5 Å². The van der Waals surface area contributed by atoms with Crippen molar-refractivity contribution in [2.45, 2.75) is 64.2 Å². The summed E-state index contributed by atoms with van der Waals surface area (Å²) < 4.78 is 28.6. The summed E-state index contributed by atoms with van der Waals surface area (Å²) in [6.07, 6.45) is 6.47. The van der Waals surface area contributed by atoms with Gasteiger partial charge in [0.25, 0.3) is 5.91 Å².